The highest BCUT2D eigenvalue weighted by Gasteiger charge is 2.26. The van der Waals surface area contributed by atoms with Crippen LogP contribution in [0, 0.1) is 0 Å². The fourth-order valence-corrected chi connectivity index (χ4v) is 2.37. The summed E-state index contributed by atoms with van der Waals surface area (Å²) in [5, 5.41) is 17.9. The summed E-state index contributed by atoms with van der Waals surface area (Å²) >= 11 is 0. The van der Waals surface area contributed by atoms with Crippen LogP contribution < -0.4 is 0 Å². The first-order chi connectivity index (χ1) is 9.56. The van der Waals surface area contributed by atoms with Gasteiger partial charge in [-0.1, -0.05) is 6.07 Å². The van der Waals surface area contributed by atoms with Crippen LogP contribution in [-0.2, 0) is 13.1 Å². The van der Waals surface area contributed by atoms with Gasteiger partial charge in [0.2, 0.25) is 0 Å². The van der Waals surface area contributed by atoms with Crippen LogP contribution >= 0.6 is 0 Å². The number of carbonyl (C=O) groups excluding carboxylic acids is 1. The number of carbonyl (C=O) groups is 2. The molecule has 1 aliphatic heterocycles. The van der Waals surface area contributed by atoms with Crippen LogP contribution in [0.5, 0.6) is 0 Å². The van der Waals surface area contributed by atoms with Crippen LogP contribution in [0.4, 0.5) is 4.79 Å². The Hall–Kier alpha value is -2.08. The molecular weight excluding hydrogens is 260 g/mol. The SMILES string of the molecule is CCN(CCO)C(=O)N1Cc2ccc(C(=O)O)cc2C1. The standard InChI is InChI=1S/C14H18N2O4/c1-2-15(5-6-17)14(20)16-8-11-4-3-10(13(18)19)7-12(11)9-16/h3-4,7,17H,2,5-6,8-9H2,1H3,(H,18,19). The Morgan fingerprint density at radius 3 is 2.60 bits per heavy atom. The molecule has 0 bridgehead atoms. The molecule has 2 N–H and O–H groups in total. The summed E-state index contributed by atoms with van der Waals surface area (Å²) in [6.45, 7) is 3.53. The van der Waals surface area contributed by atoms with Crippen molar-refractivity contribution in [2.75, 3.05) is 19.7 Å². The number of benzene rings is 1. The lowest BCUT2D eigenvalue weighted by atomic mass is 10.1. The topological polar surface area (TPSA) is 81.1 Å². The van der Waals surface area contributed by atoms with E-state index in [0.717, 1.165) is 11.1 Å². The normalized spacial score (nSPS) is 13.2. The van der Waals surface area contributed by atoms with E-state index >= 15 is 0 Å². The van der Waals surface area contributed by atoms with E-state index in [-0.39, 0.29) is 18.2 Å². The third kappa shape index (κ3) is 2.75. The molecule has 108 valence electrons. The third-order valence-electron chi connectivity index (χ3n) is 3.47. The minimum Gasteiger partial charge on any atom is -0.478 e. The van der Waals surface area contributed by atoms with Gasteiger partial charge in [0.05, 0.1) is 12.2 Å². The summed E-state index contributed by atoms with van der Waals surface area (Å²) in [5.74, 6) is -0.965. The number of amides is 2. The number of nitrogens with zero attached hydrogens (tertiary/aromatic N) is 2. The summed E-state index contributed by atoms with van der Waals surface area (Å²) < 4.78 is 0. The molecule has 0 aromatic heterocycles. The number of likely N-dealkylation sites (N-methyl/N-ethyl adjacent to an activating group) is 1. The van der Waals surface area contributed by atoms with E-state index in [1.807, 2.05) is 6.92 Å². The molecule has 0 saturated heterocycles. The number of carboxylic acid groups (broad SMARTS) is 1. The van der Waals surface area contributed by atoms with Crippen LogP contribution in [0.3, 0.4) is 0 Å². The highest BCUT2D eigenvalue weighted by Crippen LogP contribution is 2.24. The van der Waals surface area contributed by atoms with Gasteiger partial charge >= 0.3 is 12.0 Å². The van der Waals surface area contributed by atoms with Gasteiger partial charge in [-0.25, -0.2) is 9.59 Å². The van der Waals surface area contributed by atoms with Gasteiger partial charge in [0.15, 0.2) is 0 Å². The fourth-order valence-electron chi connectivity index (χ4n) is 2.37. The molecule has 6 nitrogen and oxygen atoms in total. The largest absolute Gasteiger partial charge is 0.478 e. The molecule has 0 atom stereocenters. The van der Waals surface area contributed by atoms with E-state index in [9.17, 15) is 9.59 Å². The first-order valence-corrected chi connectivity index (χ1v) is 6.56. The van der Waals surface area contributed by atoms with Crippen LogP contribution in [0.2, 0.25) is 0 Å². The van der Waals surface area contributed by atoms with Gasteiger partial charge in [0, 0.05) is 26.2 Å². The second kappa shape index (κ2) is 5.92. The Bertz CT molecular complexity index is 530. The number of aliphatic hydroxyl groups is 1. The van der Waals surface area contributed by atoms with Crippen molar-refractivity contribution in [3.63, 3.8) is 0 Å². The number of rotatable bonds is 4. The number of hydrogen-bond donors (Lipinski definition) is 2. The molecule has 2 amide bonds. The molecule has 20 heavy (non-hydrogen) atoms. The first-order valence-electron chi connectivity index (χ1n) is 6.56. The molecule has 1 aromatic carbocycles. The van der Waals surface area contributed by atoms with Gasteiger partial charge in [-0.2, -0.15) is 0 Å². The van der Waals surface area contributed by atoms with Crippen LogP contribution in [0.1, 0.15) is 28.4 Å². The first kappa shape index (κ1) is 14.3. The zero-order chi connectivity index (χ0) is 14.7. The van der Waals surface area contributed by atoms with Gasteiger partial charge in [-0.15, -0.1) is 0 Å². The molecule has 0 aliphatic carbocycles. The second-order valence-electron chi connectivity index (χ2n) is 4.73. The van der Waals surface area contributed by atoms with Crippen molar-refractivity contribution >= 4 is 12.0 Å². The highest BCUT2D eigenvalue weighted by atomic mass is 16.4. The van der Waals surface area contributed by atoms with Crippen molar-refractivity contribution in [2.45, 2.75) is 20.0 Å². The van der Waals surface area contributed by atoms with E-state index in [1.54, 1.807) is 28.0 Å². The minimum atomic E-state index is -0.965. The van der Waals surface area contributed by atoms with Crippen molar-refractivity contribution in [3.05, 3.63) is 34.9 Å². The molecule has 0 saturated carbocycles. The lowest BCUT2D eigenvalue weighted by Gasteiger charge is -2.26. The maximum atomic E-state index is 12.3. The molecule has 1 heterocycles. The maximum absolute atomic E-state index is 12.3. The smallest absolute Gasteiger partial charge is 0.335 e. The Balaban J connectivity index is 2.12. The van der Waals surface area contributed by atoms with Crippen LogP contribution in [0.25, 0.3) is 0 Å². The average molecular weight is 278 g/mol. The fraction of sp³-hybridized carbons (Fsp3) is 0.429. The zero-order valence-electron chi connectivity index (χ0n) is 11.4. The maximum Gasteiger partial charge on any atom is 0.335 e. The third-order valence-corrected chi connectivity index (χ3v) is 3.47. The number of hydrogen-bond acceptors (Lipinski definition) is 3. The molecule has 0 spiro atoms. The average Bonchev–Trinajstić information content (AvgIpc) is 2.86. The van der Waals surface area contributed by atoms with Gasteiger partial charge in [-0.3, -0.25) is 0 Å². The van der Waals surface area contributed by atoms with Gasteiger partial charge in [0.25, 0.3) is 0 Å². The van der Waals surface area contributed by atoms with E-state index in [2.05, 4.69) is 0 Å². The van der Waals surface area contributed by atoms with Crippen molar-refractivity contribution in [1.29, 1.82) is 0 Å². The van der Waals surface area contributed by atoms with E-state index in [0.29, 0.717) is 26.2 Å². The number of urea groups is 1. The number of aromatic carboxylic acids is 1. The quantitative estimate of drug-likeness (QED) is 0.865. The Morgan fingerprint density at radius 2 is 2.00 bits per heavy atom. The van der Waals surface area contributed by atoms with Crippen LogP contribution in [-0.4, -0.2) is 51.7 Å². The lowest BCUT2D eigenvalue weighted by molar-refractivity contribution is 0.0696. The van der Waals surface area contributed by atoms with Gasteiger partial charge in [-0.05, 0) is 30.2 Å². The number of fused-ring (bicyclic) bond motifs is 1. The lowest BCUT2D eigenvalue weighted by Crippen LogP contribution is -2.41. The van der Waals surface area contributed by atoms with Gasteiger partial charge < -0.3 is 20.0 Å². The summed E-state index contributed by atoms with van der Waals surface area (Å²) in [6.07, 6.45) is 0. The predicted molar refractivity (Wildman–Crippen MR) is 72.4 cm³/mol. The molecule has 1 aliphatic rings. The molecule has 2 rings (SSSR count). The van der Waals surface area contributed by atoms with Crippen molar-refractivity contribution in [1.82, 2.24) is 9.80 Å². The zero-order valence-corrected chi connectivity index (χ0v) is 11.4. The van der Waals surface area contributed by atoms with E-state index < -0.39 is 5.97 Å². The Morgan fingerprint density at radius 1 is 1.30 bits per heavy atom. The highest BCUT2D eigenvalue weighted by molar-refractivity contribution is 5.88. The number of carboxylic acids is 1. The Labute approximate surface area is 117 Å². The summed E-state index contributed by atoms with van der Waals surface area (Å²) in [7, 11) is 0. The van der Waals surface area contributed by atoms with E-state index in [1.165, 1.54) is 0 Å². The van der Waals surface area contributed by atoms with E-state index in [4.69, 9.17) is 10.2 Å². The van der Waals surface area contributed by atoms with Crippen molar-refractivity contribution in [3.8, 4) is 0 Å². The van der Waals surface area contributed by atoms with Gasteiger partial charge in [0.1, 0.15) is 0 Å². The summed E-state index contributed by atoms with van der Waals surface area (Å²) in [6, 6.07) is 4.80. The molecule has 1 aromatic rings. The van der Waals surface area contributed by atoms with Crippen molar-refractivity contribution in [2.24, 2.45) is 0 Å². The molecular formula is C14H18N2O4. The predicted octanol–water partition coefficient (Wildman–Crippen LogP) is 1.13. The second-order valence-corrected chi connectivity index (χ2v) is 4.73. The molecule has 0 unspecified atom stereocenters. The molecule has 0 fully saturated rings. The molecule has 0 radical (unpaired) electrons. The summed E-state index contributed by atoms with van der Waals surface area (Å²) in [4.78, 5) is 26.5. The Kier molecular flexibility index (Phi) is 4.24. The number of aliphatic hydroxyl groups excluding tert-OH is 1. The minimum absolute atomic E-state index is 0.0659. The molecule has 6 heteroatoms. The monoisotopic (exact) mass is 278 g/mol. The van der Waals surface area contributed by atoms with Crippen LogP contribution in [0.15, 0.2) is 18.2 Å². The van der Waals surface area contributed by atoms with Crippen molar-refractivity contribution < 1.29 is 19.8 Å². The summed E-state index contributed by atoms with van der Waals surface area (Å²) in [5.41, 5.74) is 2.09.